The molecule has 1 amide bonds. The van der Waals surface area contributed by atoms with Crippen LogP contribution in [0.4, 0.5) is 0 Å². The van der Waals surface area contributed by atoms with Crippen LogP contribution in [0.25, 0.3) is 11.5 Å². The van der Waals surface area contributed by atoms with Crippen molar-refractivity contribution < 1.29 is 9.21 Å². The van der Waals surface area contributed by atoms with Gasteiger partial charge in [0.25, 0.3) is 5.22 Å². The van der Waals surface area contributed by atoms with Crippen molar-refractivity contribution in [3.05, 3.63) is 52.2 Å². The van der Waals surface area contributed by atoms with Crippen molar-refractivity contribution in [3.8, 4) is 11.5 Å². The predicted octanol–water partition coefficient (Wildman–Crippen LogP) is 3.86. The molecule has 0 radical (unpaired) electrons. The van der Waals surface area contributed by atoms with Crippen LogP contribution in [0, 0.1) is 6.92 Å². The number of nitrogens with zero attached hydrogens (tertiary/aromatic N) is 3. The lowest BCUT2D eigenvalue weighted by Crippen LogP contribution is -2.27. The van der Waals surface area contributed by atoms with Crippen LogP contribution < -0.4 is 0 Å². The lowest BCUT2D eigenvalue weighted by molar-refractivity contribution is -0.127. The van der Waals surface area contributed by atoms with E-state index in [1.54, 1.807) is 23.3 Å². The summed E-state index contributed by atoms with van der Waals surface area (Å²) in [5, 5.41) is 10.5. The first kappa shape index (κ1) is 16.7. The summed E-state index contributed by atoms with van der Waals surface area (Å²) < 4.78 is 5.62. The Balaban J connectivity index is 1.55. The molecule has 0 bridgehead atoms. The number of aromatic nitrogens is 2. The number of aryl methyl sites for hydroxylation is 1. The van der Waals surface area contributed by atoms with Crippen LogP contribution in [0.2, 0.25) is 0 Å². The molecule has 24 heavy (non-hydrogen) atoms. The minimum Gasteiger partial charge on any atom is -0.411 e. The first-order valence-corrected chi connectivity index (χ1v) is 9.28. The molecule has 0 fully saturated rings. The number of rotatable bonds is 6. The molecule has 0 aliphatic heterocycles. The molecule has 0 saturated heterocycles. The number of hydrogen-bond donors (Lipinski definition) is 0. The number of thioether (sulfide) groups is 1. The van der Waals surface area contributed by atoms with Crippen LogP contribution >= 0.6 is 23.1 Å². The van der Waals surface area contributed by atoms with E-state index < -0.39 is 0 Å². The summed E-state index contributed by atoms with van der Waals surface area (Å²) in [7, 11) is 1.80. The molecule has 0 spiro atoms. The summed E-state index contributed by atoms with van der Waals surface area (Å²) >= 11 is 2.90. The molecule has 0 N–H and O–H groups in total. The van der Waals surface area contributed by atoms with Gasteiger partial charge < -0.3 is 9.32 Å². The minimum atomic E-state index is 0.0310. The molecule has 5 nitrogen and oxygen atoms in total. The van der Waals surface area contributed by atoms with Crippen LogP contribution in [0.1, 0.15) is 10.4 Å². The first-order valence-electron chi connectivity index (χ1n) is 7.41. The Morgan fingerprint density at radius 2 is 2.04 bits per heavy atom. The third-order valence-electron chi connectivity index (χ3n) is 3.42. The molecular formula is C17H17N3O2S2. The highest BCUT2D eigenvalue weighted by molar-refractivity contribution is 7.99. The van der Waals surface area contributed by atoms with Crippen molar-refractivity contribution in [2.45, 2.75) is 18.7 Å². The molecule has 3 aromatic rings. The Morgan fingerprint density at radius 3 is 2.75 bits per heavy atom. The Kier molecular flexibility index (Phi) is 5.32. The Hall–Kier alpha value is -2.12. The fraction of sp³-hybridized carbons (Fsp3) is 0.235. The molecule has 2 aromatic heterocycles. The van der Waals surface area contributed by atoms with Gasteiger partial charge in [0.2, 0.25) is 11.8 Å². The number of amides is 1. The molecule has 1 aromatic carbocycles. The third kappa shape index (κ3) is 4.24. The number of carbonyl (C=O) groups is 1. The first-order chi connectivity index (χ1) is 11.6. The quantitative estimate of drug-likeness (QED) is 0.626. The van der Waals surface area contributed by atoms with E-state index in [1.165, 1.54) is 17.3 Å². The highest BCUT2D eigenvalue weighted by Gasteiger charge is 2.14. The van der Waals surface area contributed by atoms with Crippen LogP contribution in [-0.4, -0.2) is 33.8 Å². The summed E-state index contributed by atoms with van der Waals surface area (Å²) in [6, 6.07) is 11.9. The third-order valence-corrected chi connectivity index (χ3v) is 5.09. The van der Waals surface area contributed by atoms with Crippen LogP contribution in [0.5, 0.6) is 0 Å². The van der Waals surface area contributed by atoms with E-state index in [-0.39, 0.29) is 11.7 Å². The maximum Gasteiger partial charge on any atom is 0.277 e. The van der Waals surface area contributed by atoms with E-state index in [9.17, 15) is 4.79 Å². The van der Waals surface area contributed by atoms with Crippen molar-refractivity contribution in [3.63, 3.8) is 0 Å². The van der Waals surface area contributed by atoms with Gasteiger partial charge in [-0.05, 0) is 30.5 Å². The zero-order valence-corrected chi connectivity index (χ0v) is 15.1. The van der Waals surface area contributed by atoms with E-state index in [1.807, 2.05) is 48.7 Å². The van der Waals surface area contributed by atoms with E-state index in [0.29, 0.717) is 17.7 Å². The second-order valence-corrected chi connectivity index (χ2v) is 7.32. The largest absolute Gasteiger partial charge is 0.411 e. The van der Waals surface area contributed by atoms with Gasteiger partial charge in [-0.2, -0.15) is 0 Å². The molecule has 3 rings (SSSR count). The predicted molar refractivity (Wildman–Crippen MR) is 96.0 cm³/mol. The van der Waals surface area contributed by atoms with Gasteiger partial charge in [0.05, 0.1) is 12.3 Å². The lowest BCUT2D eigenvalue weighted by atomic mass is 10.1. The average molecular weight is 359 g/mol. The van der Waals surface area contributed by atoms with Gasteiger partial charge in [0.15, 0.2) is 0 Å². The molecular weight excluding hydrogens is 342 g/mol. The van der Waals surface area contributed by atoms with Gasteiger partial charge in [-0.15, -0.1) is 21.5 Å². The van der Waals surface area contributed by atoms with Crippen molar-refractivity contribution in [2.75, 3.05) is 12.8 Å². The Morgan fingerprint density at radius 1 is 1.25 bits per heavy atom. The molecule has 0 saturated carbocycles. The lowest BCUT2D eigenvalue weighted by Gasteiger charge is -2.15. The van der Waals surface area contributed by atoms with Gasteiger partial charge in [-0.1, -0.05) is 35.5 Å². The fourth-order valence-corrected chi connectivity index (χ4v) is 3.50. The topological polar surface area (TPSA) is 59.2 Å². The second-order valence-electron chi connectivity index (χ2n) is 5.36. The van der Waals surface area contributed by atoms with Gasteiger partial charge in [-0.3, -0.25) is 4.79 Å². The smallest absolute Gasteiger partial charge is 0.277 e. The highest BCUT2D eigenvalue weighted by atomic mass is 32.2. The summed E-state index contributed by atoms with van der Waals surface area (Å²) in [5.74, 6) is 0.776. The van der Waals surface area contributed by atoms with Crippen molar-refractivity contribution >= 4 is 29.0 Å². The fourth-order valence-electron chi connectivity index (χ4n) is 2.04. The van der Waals surface area contributed by atoms with Crippen LogP contribution in [0.15, 0.2) is 51.4 Å². The molecule has 0 atom stereocenters. The highest BCUT2D eigenvalue weighted by Crippen LogP contribution is 2.23. The maximum atomic E-state index is 12.2. The Labute approximate surface area is 148 Å². The van der Waals surface area contributed by atoms with Crippen molar-refractivity contribution in [2.24, 2.45) is 0 Å². The summed E-state index contributed by atoms with van der Waals surface area (Å²) in [6.45, 7) is 2.65. The summed E-state index contributed by atoms with van der Waals surface area (Å²) in [5.41, 5.74) is 2.05. The second kappa shape index (κ2) is 7.63. The molecule has 0 aliphatic rings. The molecule has 7 heteroatoms. The number of benzene rings is 1. The van der Waals surface area contributed by atoms with E-state index in [0.717, 1.165) is 10.4 Å². The normalized spacial score (nSPS) is 10.8. The molecule has 2 heterocycles. The van der Waals surface area contributed by atoms with Gasteiger partial charge >= 0.3 is 0 Å². The van der Waals surface area contributed by atoms with Crippen molar-refractivity contribution in [1.82, 2.24) is 15.1 Å². The van der Waals surface area contributed by atoms with Gasteiger partial charge in [0.1, 0.15) is 0 Å². The standard InChI is InChI=1S/C17H17N3O2S2/c1-12-5-7-13(8-6-12)16-18-19-17(22-16)24-11-15(21)20(2)10-14-4-3-9-23-14/h3-9H,10-11H2,1-2H3. The van der Waals surface area contributed by atoms with Crippen LogP contribution in [-0.2, 0) is 11.3 Å². The Bertz CT molecular complexity index is 798. The van der Waals surface area contributed by atoms with E-state index in [2.05, 4.69) is 10.2 Å². The van der Waals surface area contributed by atoms with Gasteiger partial charge in [-0.25, -0.2) is 0 Å². The molecule has 0 aliphatic carbocycles. The van der Waals surface area contributed by atoms with Crippen molar-refractivity contribution in [1.29, 1.82) is 0 Å². The number of thiophene rings is 1. The number of hydrogen-bond acceptors (Lipinski definition) is 6. The minimum absolute atomic E-state index is 0.0310. The average Bonchev–Trinajstić information content (AvgIpc) is 3.25. The van der Waals surface area contributed by atoms with Gasteiger partial charge in [0, 0.05) is 17.5 Å². The molecule has 124 valence electrons. The monoisotopic (exact) mass is 359 g/mol. The summed E-state index contributed by atoms with van der Waals surface area (Å²) in [4.78, 5) is 15.0. The SMILES string of the molecule is Cc1ccc(-c2nnc(SCC(=O)N(C)Cc3cccs3)o2)cc1. The van der Waals surface area contributed by atoms with E-state index >= 15 is 0 Å². The van der Waals surface area contributed by atoms with Crippen LogP contribution in [0.3, 0.4) is 0 Å². The zero-order chi connectivity index (χ0) is 16.9. The van der Waals surface area contributed by atoms with E-state index in [4.69, 9.17) is 4.42 Å². The maximum absolute atomic E-state index is 12.2. The molecule has 0 unspecified atom stereocenters. The zero-order valence-electron chi connectivity index (χ0n) is 13.4. The summed E-state index contributed by atoms with van der Waals surface area (Å²) in [6.07, 6.45) is 0. The number of carbonyl (C=O) groups excluding carboxylic acids is 1.